The van der Waals surface area contributed by atoms with Crippen molar-refractivity contribution in [2.75, 3.05) is 18.4 Å². The summed E-state index contributed by atoms with van der Waals surface area (Å²) in [5.41, 5.74) is 0. The zero-order chi connectivity index (χ0) is 12.8. The van der Waals surface area contributed by atoms with Crippen molar-refractivity contribution in [1.29, 1.82) is 0 Å². The molecular formula is C11H13N3O2S2. The lowest BCUT2D eigenvalue weighted by Gasteiger charge is -2.06. The SMILES string of the molecule is O=S(=O)(NCCNc1ccccn1)c1ccsc1. The Balaban J connectivity index is 1.79. The van der Waals surface area contributed by atoms with Crippen molar-refractivity contribution in [3.8, 4) is 0 Å². The van der Waals surface area contributed by atoms with E-state index < -0.39 is 10.0 Å². The van der Waals surface area contributed by atoms with E-state index in [4.69, 9.17) is 0 Å². The number of rotatable bonds is 6. The van der Waals surface area contributed by atoms with E-state index in [0.717, 1.165) is 5.82 Å². The molecule has 0 aliphatic heterocycles. The Labute approximate surface area is 110 Å². The van der Waals surface area contributed by atoms with Gasteiger partial charge in [-0.3, -0.25) is 0 Å². The molecule has 0 aromatic carbocycles. The van der Waals surface area contributed by atoms with Gasteiger partial charge in [0.25, 0.3) is 0 Å². The van der Waals surface area contributed by atoms with Crippen LogP contribution in [0.2, 0.25) is 0 Å². The molecule has 2 aromatic heterocycles. The molecule has 0 saturated carbocycles. The first-order valence-electron chi connectivity index (χ1n) is 5.35. The standard InChI is InChI=1S/C11H13N3O2S2/c15-18(16,10-4-8-17-9-10)14-7-6-13-11-3-1-2-5-12-11/h1-5,8-9,14H,6-7H2,(H,12,13). The summed E-state index contributed by atoms with van der Waals surface area (Å²) in [5.74, 6) is 0.729. The molecule has 0 amide bonds. The minimum atomic E-state index is -3.37. The number of pyridine rings is 1. The van der Waals surface area contributed by atoms with Crippen molar-refractivity contribution < 1.29 is 8.42 Å². The number of sulfonamides is 1. The number of hydrogen-bond acceptors (Lipinski definition) is 5. The Hall–Kier alpha value is -1.44. The van der Waals surface area contributed by atoms with E-state index in [1.165, 1.54) is 11.3 Å². The second kappa shape index (κ2) is 5.94. The van der Waals surface area contributed by atoms with E-state index in [0.29, 0.717) is 18.0 Å². The third-order valence-electron chi connectivity index (χ3n) is 2.19. The van der Waals surface area contributed by atoms with Crippen LogP contribution in [-0.4, -0.2) is 26.5 Å². The first-order chi connectivity index (χ1) is 8.68. The van der Waals surface area contributed by atoms with Crippen LogP contribution in [0.5, 0.6) is 0 Å². The number of nitrogens with one attached hydrogen (secondary N) is 2. The molecule has 2 heterocycles. The first-order valence-corrected chi connectivity index (χ1v) is 7.78. The lowest BCUT2D eigenvalue weighted by molar-refractivity contribution is 0.583. The van der Waals surface area contributed by atoms with Crippen molar-refractivity contribution in [1.82, 2.24) is 9.71 Å². The van der Waals surface area contributed by atoms with Crippen molar-refractivity contribution in [2.45, 2.75) is 4.90 Å². The monoisotopic (exact) mass is 283 g/mol. The Morgan fingerprint density at radius 2 is 2.11 bits per heavy atom. The lowest BCUT2D eigenvalue weighted by atomic mass is 10.4. The number of aromatic nitrogens is 1. The fourth-order valence-corrected chi connectivity index (χ4v) is 3.39. The highest BCUT2D eigenvalue weighted by molar-refractivity contribution is 7.89. The Morgan fingerprint density at radius 1 is 1.22 bits per heavy atom. The molecule has 0 fully saturated rings. The Bertz CT molecular complexity index is 568. The molecule has 96 valence electrons. The van der Waals surface area contributed by atoms with Gasteiger partial charge in [0.2, 0.25) is 10.0 Å². The molecule has 18 heavy (non-hydrogen) atoms. The van der Waals surface area contributed by atoms with E-state index in [9.17, 15) is 8.42 Å². The summed E-state index contributed by atoms with van der Waals surface area (Å²) in [6.45, 7) is 0.801. The van der Waals surface area contributed by atoms with Crippen LogP contribution in [-0.2, 0) is 10.0 Å². The first kappa shape index (κ1) is 13.0. The average Bonchev–Trinajstić information content (AvgIpc) is 2.91. The molecule has 0 saturated heterocycles. The van der Waals surface area contributed by atoms with Crippen molar-refractivity contribution >= 4 is 27.2 Å². The van der Waals surface area contributed by atoms with Crippen LogP contribution in [0.15, 0.2) is 46.1 Å². The van der Waals surface area contributed by atoms with E-state index in [1.54, 1.807) is 23.0 Å². The Morgan fingerprint density at radius 3 is 2.78 bits per heavy atom. The van der Waals surface area contributed by atoms with Crippen LogP contribution in [0, 0.1) is 0 Å². The van der Waals surface area contributed by atoms with Crippen LogP contribution in [0.3, 0.4) is 0 Å². The number of nitrogens with zero attached hydrogens (tertiary/aromatic N) is 1. The van der Waals surface area contributed by atoms with Gasteiger partial charge < -0.3 is 5.32 Å². The maximum absolute atomic E-state index is 11.8. The number of anilines is 1. The summed E-state index contributed by atoms with van der Waals surface area (Å²) < 4.78 is 26.0. The quantitative estimate of drug-likeness (QED) is 0.789. The Kier molecular flexibility index (Phi) is 4.29. The topological polar surface area (TPSA) is 71.1 Å². The van der Waals surface area contributed by atoms with Crippen LogP contribution in [0.25, 0.3) is 0 Å². The van der Waals surface area contributed by atoms with E-state index in [2.05, 4.69) is 15.0 Å². The van der Waals surface area contributed by atoms with Gasteiger partial charge in [-0.05, 0) is 23.6 Å². The van der Waals surface area contributed by atoms with Crippen molar-refractivity contribution in [3.05, 3.63) is 41.2 Å². The van der Waals surface area contributed by atoms with Crippen molar-refractivity contribution in [3.63, 3.8) is 0 Å². The van der Waals surface area contributed by atoms with Crippen LogP contribution in [0.4, 0.5) is 5.82 Å². The summed E-state index contributed by atoms with van der Waals surface area (Å²) in [6.07, 6.45) is 1.68. The summed E-state index contributed by atoms with van der Waals surface area (Å²) in [7, 11) is -3.37. The van der Waals surface area contributed by atoms with Gasteiger partial charge in [0.15, 0.2) is 0 Å². The van der Waals surface area contributed by atoms with E-state index in [-0.39, 0.29) is 0 Å². The maximum Gasteiger partial charge on any atom is 0.241 e. The molecule has 2 rings (SSSR count). The molecule has 0 unspecified atom stereocenters. The second-order valence-corrected chi connectivity index (χ2v) is 6.05. The lowest BCUT2D eigenvalue weighted by Crippen LogP contribution is -2.28. The van der Waals surface area contributed by atoms with Gasteiger partial charge in [-0.2, -0.15) is 11.3 Å². The fraction of sp³-hybridized carbons (Fsp3) is 0.182. The second-order valence-electron chi connectivity index (χ2n) is 3.50. The minimum Gasteiger partial charge on any atom is -0.369 e. The van der Waals surface area contributed by atoms with Crippen LogP contribution >= 0.6 is 11.3 Å². The van der Waals surface area contributed by atoms with Crippen LogP contribution < -0.4 is 10.0 Å². The highest BCUT2D eigenvalue weighted by atomic mass is 32.2. The minimum absolute atomic E-state index is 0.310. The zero-order valence-electron chi connectivity index (χ0n) is 9.54. The van der Waals surface area contributed by atoms with Gasteiger partial charge in [0.05, 0.1) is 4.90 Å². The highest BCUT2D eigenvalue weighted by Crippen LogP contribution is 2.12. The molecule has 0 atom stereocenters. The maximum atomic E-state index is 11.8. The molecule has 0 aliphatic rings. The van der Waals surface area contributed by atoms with Gasteiger partial charge in [0.1, 0.15) is 5.82 Å². The molecule has 0 spiro atoms. The van der Waals surface area contributed by atoms with E-state index >= 15 is 0 Å². The normalized spacial score (nSPS) is 11.3. The molecule has 0 bridgehead atoms. The van der Waals surface area contributed by atoms with Gasteiger partial charge in [-0.15, -0.1) is 0 Å². The predicted octanol–water partition coefficient (Wildman–Crippen LogP) is 1.53. The summed E-state index contributed by atoms with van der Waals surface area (Å²) in [5, 5.41) is 6.37. The van der Waals surface area contributed by atoms with Crippen molar-refractivity contribution in [2.24, 2.45) is 0 Å². The highest BCUT2D eigenvalue weighted by Gasteiger charge is 2.12. The summed E-state index contributed by atoms with van der Waals surface area (Å²) in [4.78, 5) is 4.39. The largest absolute Gasteiger partial charge is 0.369 e. The summed E-state index contributed by atoms with van der Waals surface area (Å²) >= 11 is 1.36. The fourth-order valence-electron chi connectivity index (χ4n) is 1.33. The number of hydrogen-bond donors (Lipinski definition) is 2. The number of thiophene rings is 1. The third-order valence-corrected chi connectivity index (χ3v) is 4.48. The van der Waals surface area contributed by atoms with Gasteiger partial charge >= 0.3 is 0 Å². The molecule has 5 nitrogen and oxygen atoms in total. The smallest absolute Gasteiger partial charge is 0.241 e. The van der Waals surface area contributed by atoms with E-state index in [1.807, 2.05) is 18.2 Å². The predicted molar refractivity (Wildman–Crippen MR) is 72.2 cm³/mol. The molecule has 0 radical (unpaired) electrons. The summed E-state index contributed by atoms with van der Waals surface area (Å²) in [6, 6.07) is 7.10. The molecule has 7 heteroatoms. The molecular weight excluding hydrogens is 270 g/mol. The van der Waals surface area contributed by atoms with Gasteiger partial charge in [-0.1, -0.05) is 6.07 Å². The third kappa shape index (κ3) is 3.52. The van der Waals surface area contributed by atoms with Gasteiger partial charge in [0, 0.05) is 24.7 Å². The van der Waals surface area contributed by atoms with Gasteiger partial charge in [-0.25, -0.2) is 18.1 Å². The molecule has 0 aliphatic carbocycles. The van der Waals surface area contributed by atoms with Crippen LogP contribution in [0.1, 0.15) is 0 Å². The zero-order valence-corrected chi connectivity index (χ0v) is 11.2. The average molecular weight is 283 g/mol. The molecule has 2 N–H and O–H groups in total. The molecule has 2 aromatic rings.